The average molecular weight is 789 g/mol. The van der Waals surface area contributed by atoms with Gasteiger partial charge in [-0.2, -0.15) is 0 Å². The molecule has 4 aromatic rings. The van der Waals surface area contributed by atoms with Gasteiger partial charge >= 0.3 is 17.8 Å². The molecular weight excluding hydrogens is 745 g/mol. The quantitative estimate of drug-likeness (QED) is 0.185. The number of aromatic amines is 1. The van der Waals surface area contributed by atoms with Crippen molar-refractivity contribution in [1.82, 2.24) is 29.8 Å². The van der Waals surface area contributed by atoms with Gasteiger partial charge in [0.05, 0.1) is 30.0 Å². The molecule has 57 heavy (non-hydrogen) atoms. The van der Waals surface area contributed by atoms with Crippen LogP contribution in [0, 0.1) is 17.5 Å². The molecule has 2 N–H and O–H groups in total. The first kappa shape index (κ1) is 39.2. The van der Waals surface area contributed by atoms with Gasteiger partial charge in [-0.1, -0.05) is 23.4 Å². The Balaban J connectivity index is 1.40. The maximum absolute atomic E-state index is 14.4. The van der Waals surface area contributed by atoms with Crippen molar-refractivity contribution in [2.24, 2.45) is 0 Å². The molecule has 2 aromatic carbocycles. The van der Waals surface area contributed by atoms with Crippen LogP contribution in [0.2, 0.25) is 0 Å². The van der Waals surface area contributed by atoms with Crippen molar-refractivity contribution in [2.45, 2.75) is 84.2 Å². The number of ether oxygens (including phenoxy) is 2. The predicted octanol–water partition coefficient (Wildman–Crippen LogP) is 5.97. The Morgan fingerprint density at radius 3 is 2.37 bits per heavy atom. The summed E-state index contributed by atoms with van der Waals surface area (Å²) in [5.41, 5.74) is 2.27. The van der Waals surface area contributed by atoms with Crippen LogP contribution in [0.15, 0.2) is 75.2 Å². The number of H-pyrrole nitrogens is 1. The van der Waals surface area contributed by atoms with Gasteiger partial charge in [-0.3, -0.25) is 19.2 Å². The van der Waals surface area contributed by atoms with Crippen molar-refractivity contribution in [3.05, 3.63) is 122 Å². The van der Waals surface area contributed by atoms with Gasteiger partial charge in [0, 0.05) is 43.0 Å². The molecule has 3 aliphatic rings. The van der Waals surface area contributed by atoms with Crippen LogP contribution in [-0.4, -0.2) is 79.9 Å². The van der Waals surface area contributed by atoms with E-state index in [0.29, 0.717) is 60.3 Å². The molecule has 1 saturated heterocycles. The van der Waals surface area contributed by atoms with E-state index in [-0.39, 0.29) is 55.1 Å². The van der Waals surface area contributed by atoms with Gasteiger partial charge in [-0.25, -0.2) is 27.6 Å². The van der Waals surface area contributed by atoms with E-state index in [9.17, 15) is 32.3 Å². The minimum atomic E-state index is -1.02. The fourth-order valence-corrected chi connectivity index (χ4v) is 7.74. The number of hydrogen-bond donors (Lipinski definition) is 2. The first-order chi connectivity index (χ1) is 27.2. The number of aryl methyl sites for hydroxylation is 1. The number of halogens is 3. The van der Waals surface area contributed by atoms with Crippen molar-refractivity contribution in [3.63, 3.8) is 0 Å². The molecule has 5 heterocycles. The first-order valence-corrected chi connectivity index (χ1v) is 18.9. The molecule has 3 aliphatic heterocycles. The smallest absolute Gasteiger partial charge is 0.439 e. The van der Waals surface area contributed by atoms with Crippen LogP contribution in [0.25, 0.3) is 11.1 Å². The number of rotatable bonds is 10. The monoisotopic (exact) mass is 788 g/mol. The topological polar surface area (TPSA) is 152 Å². The number of likely N-dealkylation sites (tertiary alicyclic amines) is 1. The van der Waals surface area contributed by atoms with E-state index in [0.717, 1.165) is 17.7 Å². The van der Waals surface area contributed by atoms with Gasteiger partial charge in [-0.05, 0) is 101 Å². The Bertz CT molecular complexity index is 2320. The molecular formula is C41H43F3N6O7. The fraction of sp³-hybridized carbons (Fsp3) is 0.390. The standard InChI is InChI=1S/C41H43F3N6O7/c1-5-55-38(52)34-33(29-16-17-31-37(51)48(19-20-49(29)31)22-24-10-14-26(43)27(44)21-24)32(36-46-39(53)57-47-36)28(15-11-23-8-12-25(42)13-9-23)45-35(34)30-7-6-18-50(30)40(54)56-41(2,3)4/h8-10,12-14,16-17,21,28,30,45H,5-7,11,15,18-20,22H2,1-4H3,(H,46,47,53)/t28?,30-/m0/s1. The summed E-state index contributed by atoms with van der Waals surface area (Å²) >= 11 is 0. The number of aromatic nitrogens is 3. The molecule has 2 aromatic heterocycles. The highest BCUT2D eigenvalue weighted by molar-refractivity contribution is 6.15. The Kier molecular flexibility index (Phi) is 10.9. The molecule has 1 fully saturated rings. The van der Waals surface area contributed by atoms with Gasteiger partial charge < -0.3 is 24.3 Å². The third-order valence-electron chi connectivity index (χ3n) is 10.2. The second kappa shape index (κ2) is 15.8. The Morgan fingerprint density at radius 2 is 1.68 bits per heavy atom. The Morgan fingerprint density at radius 1 is 0.947 bits per heavy atom. The van der Waals surface area contributed by atoms with E-state index in [2.05, 4.69) is 15.5 Å². The van der Waals surface area contributed by atoms with Crippen LogP contribution in [0.5, 0.6) is 0 Å². The zero-order valence-corrected chi connectivity index (χ0v) is 32.0. The molecule has 13 nitrogen and oxygen atoms in total. The van der Waals surface area contributed by atoms with Gasteiger partial charge in [0.1, 0.15) is 17.1 Å². The lowest BCUT2D eigenvalue weighted by atomic mass is 9.83. The van der Waals surface area contributed by atoms with Gasteiger partial charge in [0.15, 0.2) is 17.5 Å². The van der Waals surface area contributed by atoms with Crippen LogP contribution in [0.1, 0.15) is 80.1 Å². The van der Waals surface area contributed by atoms with E-state index in [1.54, 1.807) is 61.4 Å². The maximum Gasteiger partial charge on any atom is 0.439 e. The van der Waals surface area contributed by atoms with Crippen molar-refractivity contribution < 1.29 is 41.6 Å². The summed E-state index contributed by atoms with van der Waals surface area (Å²) in [7, 11) is 0. The number of dihydropyridines is 1. The summed E-state index contributed by atoms with van der Waals surface area (Å²) < 4.78 is 59.9. The van der Waals surface area contributed by atoms with E-state index >= 15 is 0 Å². The molecule has 0 aliphatic carbocycles. The third kappa shape index (κ3) is 8.11. The average Bonchev–Trinajstić information content (AvgIpc) is 3.93. The molecule has 300 valence electrons. The number of fused-ring (bicyclic) bond motifs is 1. The predicted molar refractivity (Wildman–Crippen MR) is 201 cm³/mol. The number of nitrogens with one attached hydrogen (secondary N) is 2. The third-order valence-corrected chi connectivity index (χ3v) is 10.2. The number of nitrogens with zero attached hydrogens (tertiary/aromatic N) is 4. The van der Waals surface area contributed by atoms with E-state index in [1.165, 1.54) is 23.1 Å². The zero-order valence-electron chi connectivity index (χ0n) is 32.0. The van der Waals surface area contributed by atoms with Crippen LogP contribution in [0.4, 0.5) is 18.0 Å². The molecule has 0 spiro atoms. The van der Waals surface area contributed by atoms with Crippen LogP contribution >= 0.6 is 0 Å². The lowest BCUT2D eigenvalue weighted by Gasteiger charge is -2.38. The molecule has 16 heteroatoms. The number of carbonyl (C=O) groups is 3. The second-order valence-electron chi connectivity index (χ2n) is 15.2. The van der Waals surface area contributed by atoms with Gasteiger partial charge in [0.25, 0.3) is 5.91 Å². The molecule has 2 atom stereocenters. The maximum atomic E-state index is 14.4. The summed E-state index contributed by atoms with van der Waals surface area (Å²) in [5.74, 6) is -4.31. The summed E-state index contributed by atoms with van der Waals surface area (Å²) in [6, 6.07) is 11.5. The van der Waals surface area contributed by atoms with E-state index < -0.39 is 47.1 Å². The van der Waals surface area contributed by atoms with Gasteiger partial charge in [-0.15, -0.1) is 0 Å². The lowest BCUT2D eigenvalue weighted by Crippen LogP contribution is -2.48. The van der Waals surface area contributed by atoms with Crippen LogP contribution in [0.3, 0.4) is 0 Å². The number of benzene rings is 2. The Labute approximate surface area is 326 Å². The number of carbonyl (C=O) groups excluding carboxylic acids is 3. The highest BCUT2D eigenvalue weighted by Crippen LogP contribution is 2.43. The first-order valence-electron chi connectivity index (χ1n) is 18.9. The van der Waals surface area contributed by atoms with Crippen molar-refractivity contribution in [2.75, 3.05) is 19.7 Å². The highest BCUT2D eigenvalue weighted by Gasteiger charge is 2.44. The second-order valence-corrected chi connectivity index (χ2v) is 15.2. The van der Waals surface area contributed by atoms with Crippen molar-refractivity contribution in [1.29, 1.82) is 0 Å². The molecule has 1 unspecified atom stereocenters. The van der Waals surface area contributed by atoms with Gasteiger partial charge in [0.2, 0.25) is 0 Å². The minimum absolute atomic E-state index is 0.0111. The Hall–Kier alpha value is -6.06. The number of esters is 1. The number of amides is 2. The van der Waals surface area contributed by atoms with Crippen LogP contribution in [-0.2, 0) is 33.8 Å². The minimum Gasteiger partial charge on any atom is -0.462 e. The summed E-state index contributed by atoms with van der Waals surface area (Å²) in [4.78, 5) is 60.5. The largest absolute Gasteiger partial charge is 0.462 e. The van der Waals surface area contributed by atoms with E-state index in [1.807, 2.05) is 0 Å². The van der Waals surface area contributed by atoms with E-state index in [4.69, 9.17) is 14.0 Å². The molecule has 0 saturated carbocycles. The normalized spacial score (nSPS) is 18.5. The zero-order chi connectivity index (χ0) is 40.6. The fourth-order valence-electron chi connectivity index (χ4n) is 7.74. The molecule has 2 amide bonds. The lowest BCUT2D eigenvalue weighted by molar-refractivity contribution is -0.138. The van der Waals surface area contributed by atoms with Crippen molar-refractivity contribution >= 4 is 29.1 Å². The van der Waals surface area contributed by atoms with Crippen molar-refractivity contribution in [3.8, 4) is 0 Å². The molecule has 0 bridgehead atoms. The van der Waals surface area contributed by atoms with Crippen LogP contribution < -0.4 is 11.1 Å². The highest BCUT2D eigenvalue weighted by atomic mass is 19.2. The molecule has 7 rings (SSSR count). The number of hydrogen-bond acceptors (Lipinski definition) is 9. The summed E-state index contributed by atoms with van der Waals surface area (Å²) in [6.07, 6.45) is 1.28. The summed E-state index contributed by atoms with van der Waals surface area (Å²) in [6.45, 7) is 7.79. The molecule has 0 radical (unpaired) electrons. The SMILES string of the molecule is CCOC(=O)C1=C([C@@H]2CCCN2C(=O)OC(C)(C)C)NC(CCc2ccc(F)cc2)C(c2noc(=O)[nH]2)=C1c1ccc2n1CCN(Cc1ccc(F)c(F)c1)C2=O. The summed E-state index contributed by atoms with van der Waals surface area (Å²) in [5, 5.41) is 7.62.